The van der Waals surface area contributed by atoms with Gasteiger partial charge in [-0.05, 0) is 31.0 Å². The molecule has 0 radical (unpaired) electrons. The average Bonchev–Trinajstić information content (AvgIpc) is 2.44. The molecular formula is C15H24N2O2. The highest BCUT2D eigenvalue weighted by Gasteiger charge is 2.14. The highest BCUT2D eigenvalue weighted by molar-refractivity contribution is 5.78. The molecule has 1 rings (SSSR count). The normalized spacial score (nSPS) is 13.7. The zero-order chi connectivity index (χ0) is 14.3. The van der Waals surface area contributed by atoms with Crippen LogP contribution in [0.25, 0.3) is 0 Å². The van der Waals surface area contributed by atoms with Crippen LogP contribution in [0.1, 0.15) is 38.8 Å². The summed E-state index contributed by atoms with van der Waals surface area (Å²) >= 11 is 0. The van der Waals surface area contributed by atoms with Gasteiger partial charge in [-0.3, -0.25) is 4.79 Å². The zero-order valence-electron chi connectivity index (χ0n) is 12.0. The minimum Gasteiger partial charge on any atom is -0.494 e. The molecular weight excluding hydrogens is 240 g/mol. The molecule has 0 saturated carbocycles. The van der Waals surface area contributed by atoms with Crippen molar-refractivity contribution in [3.05, 3.63) is 29.8 Å². The second kappa shape index (κ2) is 7.79. The molecule has 4 heteroatoms. The molecule has 2 unspecified atom stereocenters. The van der Waals surface area contributed by atoms with Gasteiger partial charge < -0.3 is 15.8 Å². The van der Waals surface area contributed by atoms with Crippen LogP contribution >= 0.6 is 0 Å². The van der Waals surface area contributed by atoms with Crippen molar-refractivity contribution in [2.75, 3.05) is 13.2 Å². The Morgan fingerprint density at radius 2 is 1.95 bits per heavy atom. The van der Waals surface area contributed by atoms with Crippen LogP contribution in [-0.4, -0.2) is 19.1 Å². The van der Waals surface area contributed by atoms with E-state index in [1.807, 2.05) is 38.1 Å². The molecule has 0 bridgehead atoms. The summed E-state index contributed by atoms with van der Waals surface area (Å²) in [7, 11) is 0. The Hall–Kier alpha value is -1.55. The standard InChI is InChI=1S/C15H24N2O2/c1-4-9-19-14-7-5-13(6-8-14)12(3)17-15(18)11(2)10-16/h5-8,11-12H,4,9-10,16H2,1-3H3,(H,17,18). The predicted molar refractivity (Wildman–Crippen MR) is 77.0 cm³/mol. The van der Waals surface area contributed by atoms with E-state index in [-0.39, 0.29) is 17.9 Å². The van der Waals surface area contributed by atoms with Gasteiger partial charge in [0.1, 0.15) is 5.75 Å². The fourth-order valence-electron chi connectivity index (χ4n) is 1.62. The van der Waals surface area contributed by atoms with Crippen molar-refractivity contribution in [3.8, 4) is 5.75 Å². The second-order valence-electron chi connectivity index (χ2n) is 4.78. The molecule has 4 nitrogen and oxygen atoms in total. The van der Waals surface area contributed by atoms with Gasteiger partial charge in [-0.25, -0.2) is 0 Å². The van der Waals surface area contributed by atoms with Crippen molar-refractivity contribution < 1.29 is 9.53 Å². The molecule has 2 atom stereocenters. The lowest BCUT2D eigenvalue weighted by Crippen LogP contribution is -2.34. The van der Waals surface area contributed by atoms with E-state index >= 15 is 0 Å². The highest BCUT2D eigenvalue weighted by atomic mass is 16.5. The van der Waals surface area contributed by atoms with E-state index in [0.717, 1.165) is 24.3 Å². The van der Waals surface area contributed by atoms with Gasteiger partial charge in [-0.15, -0.1) is 0 Å². The first-order valence-electron chi connectivity index (χ1n) is 6.81. The average molecular weight is 264 g/mol. The Morgan fingerprint density at radius 1 is 1.32 bits per heavy atom. The van der Waals surface area contributed by atoms with E-state index in [1.54, 1.807) is 0 Å². The van der Waals surface area contributed by atoms with E-state index in [2.05, 4.69) is 12.2 Å². The first-order chi connectivity index (χ1) is 9.08. The van der Waals surface area contributed by atoms with Crippen molar-refractivity contribution in [1.29, 1.82) is 0 Å². The number of nitrogens with one attached hydrogen (secondary N) is 1. The molecule has 0 heterocycles. The van der Waals surface area contributed by atoms with Gasteiger partial charge >= 0.3 is 0 Å². The molecule has 0 aliphatic rings. The Labute approximate surface area is 115 Å². The summed E-state index contributed by atoms with van der Waals surface area (Å²) in [6.45, 7) is 6.94. The molecule has 1 aromatic rings. The van der Waals surface area contributed by atoms with Crippen LogP contribution in [0.2, 0.25) is 0 Å². The summed E-state index contributed by atoms with van der Waals surface area (Å²) in [6, 6.07) is 7.79. The van der Waals surface area contributed by atoms with Crippen LogP contribution < -0.4 is 15.8 Å². The fraction of sp³-hybridized carbons (Fsp3) is 0.533. The van der Waals surface area contributed by atoms with Crippen molar-refractivity contribution in [1.82, 2.24) is 5.32 Å². The SMILES string of the molecule is CCCOc1ccc(C(C)NC(=O)C(C)CN)cc1. The van der Waals surface area contributed by atoms with Crippen LogP contribution in [0.4, 0.5) is 0 Å². The Morgan fingerprint density at radius 3 is 2.47 bits per heavy atom. The minimum absolute atomic E-state index is 0.0127. The number of nitrogens with two attached hydrogens (primary N) is 1. The number of carbonyl (C=O) groups excluding carboxylic acids is 1. The number of amides is 1. The first-order valence-corrected chi connectivity index (χ1v) is 6.81. The molecule has 0 fully saturated rings. The van der Waals surface area contributed by atoms with Crippen molar-refractivity contribution in [3.63, 3.8) is 0 Å². The maximum absolute atomic E-state index is 11.8. The Bertz CT molecular complexity index is 390. The van der Waals surface area contributed by atoms with Gasteiger partial charge in [0.25, 0.3) is 0 Å². The lowest BCUT2D eigenvalue weighted by atomic mass is 10.1. The maximum Gasteiger partial charge on any atom is 0.224 e. The molecule has 3 N–H and O–H groups in total. The molecule has 19 heavy (non-hydrogen) atoms. The smallest absolute Gasteiger partial charge is 0.224 e. The lowest BCUT2D eigenvalue weighted by Gasteiger charge is -2.17. The Kier molecular flexibility index (Phi) is 6.36. The molecule has 0 saturated heterocycles. The summed E-state index contributed by atoms with van der Waals surface area (Å²) in [5, 5.41) is 2.95. The third-order valence-corrected chi connectivity index (χ3v) is 3.01. The third kappa shape index (κ3) is 4.91. The van der Waals surface area contributed by atoms with Crippen LogP contribution in [0.3, 0.4) is 0 Å². The van der Waals surface area contributed by atoms with Crippen LogP contribution in [0, 0.1) is 5.92 Å². The van der Waals surface area contributed by atoms with E-state index in [0.29, 0.717) is 6.54 Å². The van der Waals surface area contributed by atoms with E-state index in [9.17, 15) is 4.79 Å². The summed E-state index contributed by atoms with van der Waals surface area (Å²) in [6.07, 6.45) is 0.991. The maximum atomic E-state index is 11.8. The Balaban J connectivity index is 2.57. The number of benzene rings is 1. The molecule has 0 spiro atoms. The van der Waals surface area contributed by atoms with Crippen LogP contribution in [0.5, 0.6) is 5.75 Å². The van der Waals surface area contributed by atoms with Gasteiger partial charge in [0, 0.05) is 12.5 Å². The summed E-state index contributed by atoms with van der Waals surface area (Å²) < 4.78 is 5.52. The molecule has 0 aromatic heterocycles. The number of hydrogen-bond donors (Lipinski definition) is 2. The molecule has 0 aliphatic heterocycles. The van der Waals surface area contributed by atoms with Crippen molar-refractivity contribution in [2.24, 2.45) is 11.7 Å². The van der Waals surface area contributed by atoms with E-state index in [1.165, 1.54) is 0 Å². The fourth-order valence-corrected chi connectivity index (χ4v) is 1.62. The second-order valence-corrected chi connectivity index (χ2v) is 4.78. The van der Waals surface area contributed by atoms with Crippen molar-refractivity contribution >= 4 is 5.91 Å². The predicted octanol–water partition coefficient (Wildman–Crippen LogP) is 2.25. The van der Waals surface area contributed by atoms with Gasteiger partial charge in [-0.1, -0.05) is 26.0 Å². The van der Waals surface area contributed by atoms with Gasteiger partial charge in [0.15, 0.2) is 0 Å². The minimum atomic E-state index is -0.158. The van der Waals surface area contributed by atoms with Gasteiger partial charge in [0.2, 0.25) is 5.91 Å². The number of rotatable bonds is 7. The highest BCUT2D eigenvalue weighted by Crippen LogP contribution is 2.18. The molecule has 0 aliphatic carbocycles. The van der Waals surface area contributed by atoms with E-state index < -0.39 is 0 Å². The third-order valence-electron chi connectivity index (χ3n) is 3.01. The molecule has 106 valence electrons. The van der Waals surface area contributed by atoms with Crippen molar-refractivity contribution in [2.45, 2.75) is 33.2 Å². The summed E-state index contributed by atoms with van der Waals surface area (Å²) in [4.78, 5) is 11.8. The topological polar surface area (TPSA) is 64.3 Å². The van der Waals surface area contributed by atoms with Crippen LogP contribution in [-0.2, 0) is 4.79 Å². The molecule has 1 amide bonds. The summed E-state index contributed by atoms with van der Waals surface area (Å²) in [5.74, 6) is 0.690. The number of carbonyl (C=O) groups is 1. The van der Waals surface area contributed by atoms with Crippen LogP contribution in [0.15, 0.2) is 24.3 Å². The monoisotopic (exact) mass is 264 g/mol. The van der Waals surface area contributed by atoms with Gasteiger partial charge in [0.05, 0.1) is 12.6 Å². The number of ether oxygens (including phenoxy) is 1. The van der Waals surface area contributed by atoms with Gasteiger partial charge in [-0.2, -0.15) is 0 Å². The summed E-state index contributed by atoms with van der Waals surface area (Å²) in [5.41, 5.74) is 6.53. The lowest BCUT2D eigenvalue weighted by molar-refractivity contribution is -0.124. The first kappa shape index (κ1) is 15.5. The zero-order valence-corrected chi connectivity index (χ0v) is 12.0. The number of hydrogen-bond acceptors (Lipinski definition) is 3. The molecule has 1 aromatic carbocycles. The quantitative estimate of drug-likeness (QED) is 0.794. The largest absolute Gasteiger partial charge is 0.494 e. The van der Waals surface area contributed by atoms with E-state index in [4.69, 9.17) is 10.5 Å².